The van der Waals surface area contributed by atoms with Crippen LogP contribution in [0.2, 0.25) is 5.02 Å². The van der Waals surface area contributed by atoms with Gasteiger partial charge in [-0.05, 0) is 25.1 Å². The Kier molecular flexibility index (Phi) is 4.20. The smallest absolute Gasteiger partial charge is 0.254 e. The Morgan fingerprint density at radius 3 is 2.81 bits per heavy atom. The molecule has 0 aliphatic rings. The third-order valence-electron chi connectivity index (χ3n) is 1.95. The average molecular weight is 261 g/mol. The summed E-state index contributed by atoms with van der Waals surface area (Å²) in [5.41, 5.74) is 5.20. The molecule has 1 amide bonds. The van der Waals surface area contributed by atoms with Crippen molar-refractivity contribution in [2.24, 2.45) is 5.73 Å². The predicted octanol–water partition coefficient (Wildman–Crippen LogP) is 1.88. The highest BCUT2D eigenvalue weighted by molar-refractivity contribution is 7.80. The van der Waals surface area contributed by atoms with Crippen molar-refractivity contribution in [3.8, 4) is 0 Å². The maximum absolute atomic E-state index is 13.3. The third-order valence-corrected chi connectivity index (χ3v) is 2.54. The largest absolute Gasteiger partial charge is 0.392 e. The second-order valence-electron chi connectivity index (χ2n) is 3.22. The lowest BCUT2D eigenvalue weighted by atomic mass is 10.2. The number of hydrogen-bond donors (Lipinski definition) is 2. The first-order valence-electron chi connectivity index (χ1n) is 4.47. The van der Waals surface area contributed by atoms with Crippen molar-refractivity contribution >= 4 is 34.7 Å². The van der Waals surface area contributed by atoms with Crippen LogP contribution in [0.1, 0.15) is 17.3 Å². The lowest BCUT2D eigenvalue weighted by Gasteiger charge is -2.12. The van der Waals surface area contributed by atoms with Gasteiger partial charge in [0.05, 0.1) is 16.6 Å². The zero-order valence-electron chi connectivity index (χ0n) is 8.46. The fourth-order valence-electron chi connectivity index (χ4n) is 1.02. The summed E-state index contributed by atoms with van der Waals surface area (Å²) < 4.78 is 13.3. The molecular weight excluding hydrogens is 251 g/mol. The number of rotatable bonds is 3. The van der Waals surface area contributed by atoms with Crippen LogP contribution in [-0.2, 0) is 0 Å². The van der Waals surface area contributed by atoms with Gasteiger partial charge in [0.2, 0.25) is 0 Å². The van der Waals surface area contributed by atoms with Crippen LogP contribution in [0, 0.1) is 5.82 Å². The van der Waals surface area contributed by atoms with E-state index in [-0.39, 0.29) is 15.6 Å². The van der Waals surface area contributed by atoms with Crippen LogP contribution in [-0.4, -0.2) is 16.9 Å². The fourth-order valence-corrected chi connectivity index (χ4v) is 1.25. The molecule has 0 aromatic heterocycles. The Bertz CT molecular complexity index is 439. The Morgan fingerprint density at radius 1 is 1.62 bits per heavy atom. The second kappa shape index (κ2) is 5.23. The van der Waals surface area contributed by atoms with Gasteiger partial charge in [0.25, 0.3) is 5.91 Å². The highest BCUT2D eigenvalue weighted by atomic mass is 35.5. The quantitative estimate of drug-likeness (QED) is 0.816. The van der Waals surface area contributed by atoms with E-state index >= 15 is 0 Å². The molecule has 1 aromatic carbocycles. The molecule has 0 spiro atoms. The minimum Gasteiger partial charge on any atom is -0.392 e. The molecule has 3 N–H and O–H groups in total. The zero-order valence-corrected chi connectivity index (χ0v) is 10.0. The van der Waals surface area contributed by atoms with Gasteiger partial charge in [0.15, 0.2) is 0 Å². The molecule has 0 heterocycles. The van der Waals surface area contributed by atoms with Crippen LogP contribution < -0.4 is 11.1 Å². The van der Waals surface area contributed by atoms with E-state index in [2.05, 4.69) is 17.5 Å². The molecule has 1 unspecified atom stereocenters. The van der Waals surface area contributed by atoms with E-state index in [0.717, 1.165) is 6.07 Å². The minimum absolute atomic E-state index is 0.129. The van der Waals surface area contributed by atoms with E-state index in [1.165, 1.54) is 12.1 Å². The molecule has 1 aromatic rings. The highest BCUT2D eigenvalue weighted by Crippen LogP contribution is 2.14. The number of nitrogens with one attached hydrogen (secondary N) is 1. The monoisotopic (exact) mass is 260 g/mol. The lowest BCUT2D eigenvalue weighted by Crippen LogP contribution is -2.41. The first-order valence-corrected chi connectivity index (χ1v) is 5.25. The molecule has 86 valence electrons. The average Bonchev–Trinajstić information content (AvgIpc) is 2.21. The van der Waals surface area contributed by atoms with Crippen molar-refractivity contribution in [2.75, 3.05) is 0 Å². The van der Waals surface area contributed by atoms with Crippen LogP contribution in [0.5, 0.6) is 0 Å². The third kappa shape index (κ3) is 3.15. The number of benzene rings is 1. The standard InChI is InChI=1S/C10H10ClFN2OS/c1-5(9(13)16)14-10(15)7-4-6(11)2-3-8(7)12/h2-5H,1H3,(H2,13,16)(H,14,15). The molecule has 1 rings (SSSR count). The van der Waals surface area contributed by atoms with Crippen LogP contribution in [0.15, 0.2) is 18.2 Å². The van der Waals surface area contributed by atoms with Gasteiger partial charge in [-0.1, -0.05) is 23.8 Å². The Morgan fingerprint density at radius 2 is 2.25 bits per heavy atom. The number of carbonyl (C=O) groups is 1. The van der Waals surface area contributed by atoms with Crippen molar-refractivity contribution in [3.05, 3.63) is 34.6 Å². The number of nitrogens with two attached hydrogens (primary N) is 1. The maximum Gasteiger partial charge on any atom is 0.254 e. The van der Waals surface area contributed by atoms with Crippen molar-refractivity contribution < 1.29 is 9.18 Å². The Labute approximate surface area is 103 Å². The molecule has 0 saturated carbocycles. The van der Waals surface area contributed by atoms with Crippen LogP contribution >= 0.6 is 23.8 Å². The summed E-state index contributed by atoms with van der Waals surface area (Å²) in [7, 11) is 0. The first kappa shape index (κ1) is 12.9. The summed E-state index contributed by atoms with van der Waals surface area (Å²) in [5.74, 6) is -1.24. The van der Waals surface area contributed by atoms with E-state index in [0.29, 0.717) is 0 Å². The van der Waals surface area contributed by atoms with Gasteiger partial charge in [-0.25, -0.2) is 4.39 Å². The molecule has 0 saturated heterocycles. The number of thiocarbonyl (C=S) groups is 1. The number of carbonyl (C=O) groups excluding carboxylic acids is 1. The van der Waals surface area contributed by atoms with Gasteiger partial charge in [-0.2, -0.15) is 0 Å². The molecule has 0 aliphatic carbocycles. The molecule has 1 atom stereocenters. The molecular formula is C10H10ClFN2OS. The van der Waals surface area contributed by atoms with Gasteiger partial charge in [0.1, 0.15) is 5.82 Å². The van der Waals surface area contributed by atoms with Gasteiger partial charge in [-0.15, -0.1) is 0 Å². The predicted molar refractivity (Wildman–Crippen MR) is 65.1 cm³/mol. The van der Waals surface area contributed by atoms with Crippen molar-refractivity contribution in [2.45, 2.75) is 13.0 Å². The second-order valence-corrected chi connectivity index (χ2v) is 4.13. The van der Waals surface area contributed by atoms with Crippen LogP contribution in [0.3, 0.4) is 0 Å². The van der Waals surface area contributed by atoms with E-state index in [9.17, 15) is 9.18 Å². The topological polar surface area (TPSA) is 55.1 Å². The van der Waals surface area contributed by atoms with E-state index in [1.54, 1.807) is 6.92 Å². The fraction of sp³-hybridized carbons (Fsp3) is 0.200. The van der Waals surface area contributed by atoms with Crippen molar-refractivity contribution in [1.29, 1.82) is 0 Å². The molecule has 0 fully saturated rings. The zero-order chi connectivity index (χ0) is 12.3. The highest BCUT2D eigenvalue weighted by Gasteiger charge is 2.15. The van der Waals surface area contributed by atoms with Crippen molar-refractivity contribution in [3.63, 3.8) is 0 Å². The summed E-state index contributed by atoms with van der Waals surface area (Å²) in [4.78, 5) is 11.7. The molecule has 0 bridgehead atoms. The normalized spacial score (nSPS) is 11.9. The summed E-state index contributed by atoms with van der Waals surface area (Å²) in [6.45, 7) is 1.61. The maximum atomic E-state index is 13.3. The SMILES string of the molecule is CC(NC(=O)c1cc(Cl)ccc1F)C(N)=S. The van der Waals surface area contributed by atoms with Gasteiger partial charge < -0.3 is 11.1 Å². The number of hydrogen-bond acceptors (Lipinski definition) is 2. The molecule has 0 aliphatic heterocycles. The summed E-state index contributed by atoms with van der Waals surface area (Å²) in [6.07, 6.45) is 0. The van der Waals surface area contributed by atoms with Gasteiger partial charge >= 0.3 is 0 Å². The Hall–Kier alpha value is -1.20. The molecule has 3 nitrogen and oxygen atoms in total. The van der Waals surface area contributed by atoms with E-state index in [1.807, 2.05) is 0 Å². The van der Waals surface area contributed by atoms with E-state index in [4.69, 9.17) is 17.3 Å². The van der Waals surface area contributed by atoms with E-state index < -0.39 is 17.8 Å². The summed E-state index contributed by atoms with van der Waals surface area (Å²) in [6, 6.07) is 3.24. The molecule has 16 heavy (non-hydrogen) atoms. The Balaban J connectivity index is 2.88. The van der Waals surface area contributed by atoms with Gasteiger partial charge in [-0.3, -0.25) is 4.79 Å². The van der Waals surface area contributed by atoms with Crippen LogP contribution in [0.25, 0.3) is 0 Å². The first-order chi connectivity index (χ1) is 7.41. The summed E-state index contributed by atoms with van der Waals surface area (Å²) >= 11 is 10.4. The van der Waals surface area contributed by atoms with Crippen LogP contribution in [0.4, 0.5) is 4.39 Å². The minimum atomic E-state index is -0.642. The molecule has 0 radical (unpaired) electrons. The van der Waals surface area contributed by atoms with Gasteiger partial charge in [0, 0.05) is 5.02 Å². The molecule has 6 heteroatoms. The van der Waals surface area contributed by atoms with Crippen molar-refractivity contribution in [1.82, 2.24) is 5.32 Å². The summed E-state index contributed by atoms with van der Waals surface area (Å²) in [5, 5.41) is 2.75. The number of amides is 1. The lowest BCUT2D eigenvalue weighted by molar-refractivity contribution is 0.0945. The number of halogens is 2.